The van der Waals surface area contributed by atoms with Crippen molar-refractivity contribution in [1.82, 2.24) is 9.97 Å². The molecule has 7 heteroatoms. The summed E-state index contributed by atoms with van der Waals surface area (Å²) in [7, 11) is 0. The summed E-state index contributed by atoms with van der Waals surface area (Å²) in [6, 6.07) is 6.62. The third kappa shape index (κ3) is 5.07. The van der Waals surface area contributed by atoms with Gasteiger partial charge in [-0.05, 0) is 62.6 Å². The summed E-state index contributed by atoms with van der Waals surface area (Å²) in [4.78, 5) is 25.5. The molecule has 0 unspecified atom stereocenters. The molecule has 2 fully saturated rings. The maximum absolute atomic E-state index is 14.6. The molecule has 2 aromatic rings. The van der Waals surface area contributed by atoms with Crippen LogP contribution in [-0.4, -0.2) is 42.1 Å². The number of carbonyl (C=O) groups excluding carboxylic acids is 1. The maximum atomic E-state index is 14.6. The van der Waals surface area contributed by atoms with E-state index in [1.165, 1.54) is 31.7 Å². The molecule has 160 valence electrons. The fourth-order valence-electron chi connectivity index (χ4n) is 4.00. The van der Waals surface area contributed by atoms with E-state index in [4.69, 9.17) is 0 Å². The van der Waals surface area contributed by atoms with Crippen LogP contribution in [0, 0.1) is 11.7 Å². The quantitative estimate of drug-likeness (QED) is 0.694. The molecule has 1 aromatic carbocycles. The van der Waals surface area contributed by atoms with Gasteiger partial charge in [-0.15, -0.1) is 0 Å². The van der Waals surface area contributed by atoms with Crippen molar-refractivity contribution in [3.05, 3.63) is 42.1 Å². The zero-order valence-corrected chi connectivity index (χ0v) is 17.6. The van der Waals surface area contributed by atoms with Crippen LogP contribution in [-0.2, 0) is 0 Å². The second kappa shape index (κ2) is 9.41. The number of rotatable bonds is 8. The Morgan fingerprint density at radius 2 is 2.00 bits per heavy atom. The van der Waals surface area contributed by atoms with Gasteiger partial charge in [0.05, 0.1) is 5.69 Å². The molecule has 1 N–H and O–H groups in total. The molecule has 0 radical (unpaired) electrons. The first-order chi connectivity index (χ1) is 14.6. The van der Waals surface area contributed by atoms with Crippen LogP contribution >= 0.6 is 0 Å². The van der Waals surface area contributed by atoms with Gasteiger partial charge in [-0.2, -0.15) is 0 Å². The highest BCUT2D eigenvalue weighted by Gasteiger charge is 2.25. The molecule has 6 nitrogen and oxygen atoms in total. The van der Waals surface area contributed by atoms with Crippen LogP contribution < -0.4 is 15.1 Å². The highest BCUT2D eigenvalue weighted by atomic mass is 19.1. The van der Waals surface area contributed by atoms with Gasteiger partial charge < -0.3 is 15.1 Å². The van der Waals surface area contributed by atoms with Gasteiger partial charge in [-0.25, -0.2) is 14.4 Å². The Bertz CT molecular complexity index is 880. The number of benzene rings is 1. The van der Waals surface area contributed by atoms with Crippen molar-refractivity contribution in [2.24, 2.45) is 5.92 Å². The molecule has 1 aliphatic carbocycles. The number of nitrogens with one attached hydrogen (secondary N) is 1. The Hall–Kier alpha value is -2.70. The third-order valence-corrected chi connectivity index (χ3v) is 5.78. The topological polar surface area (TPSA) is 61.4 Å². The van der Waals surface area contributed by atoms with E-state index in [1.807, 2.05) is 0 Å². The first kappa shape index (κ1) is 20.6. The Morgan fingerprint density at radius 3 is 2.70 bits per heavy atom. The molecule has 0 spiro atoms. The zero-order valence-electron chi connectivity index (χ0n) is 17.6. The highest BCUT2D eigenvalue weighted by Crippen LogP contribution is 2.31. The molecule has 0 bridgehead atoms. The van der Waals surface area contributed by atoms with Crippen molar-refractivity contribution in [3.63, 3.8) is 0 Å². The Kier molecular flexibility index (Phi) is 6.45. The number of nitrogens with zero attached hydrogens (tertiary/aromatic N) is 4. The smallest absolute Gasteiger partial charge is 0.274 e. The van der Waals surface area contributed by atoms with Gasteiger partial charge in [-0.1, -0.05) is 6.92 Å². The number of carbonyl (C=O) groups is 1. The van der Waals surface area contributed by atoms with Crippen molar-refractivity contribution >= 4 is 23.1 Å². The van der Waals surface area contributed by atoms with E-state index in [2.05, 4.69) is 32.0 Å². The summed E-state index contributed by atoms with van der Waals surface area (Å²) in [5.74, 6) is 0.837. The first-order valence-electron chi connectivity index (χ1n) is 11.1. The predicted octanol–water partition coefficient (Wildman–Crippen LogP) is 4.48. The molecule has 2 aliphatic rings. The largest absolute Gasteiger partial charge is 0.369 e. The molecular formula is C23H30FN5O. The van der Waals surface area contributed by atoms with E-state index < -0.39 is 0 Å². The molecule has 1 aromatic heterocycles. The Morgan fingerprint density at radius 1 is 1.20 bits per heavy atom. The van der Waals surface area contributed by atoms with Crippen LogP contribution in [0.3, 0.4) is 0 Å². The van der Waals surface area contributed by atoms with Crippen LogP contribution in [0.15, 0.2) is 30.6 Å². The maximum Gasteiger partial charge on any atom is 0.274 e. The molecule has 2 heterocycles. The van der Waals surface area contributed by atoms with Crippen molar-refractivity contribution in [2.75, 3.05) is 41.3 Å². The number of halogens is 1. The van der Waals surface area contributed by atoms with Gasteiger partial charge in [0.1, 0.15) is 23.7 Å². The van der Waals surface area contributed by atoms with Gasteiger partial charge in [-0.3, -0.25) is 4.79 Å². The van der Waals surface area contributed by atoms with E-state index in [0.717, 1.165) is 57.2 Å². The standard InChI is InChI=1S/C23H30FN5O/c1-2-10-29(15-17-6-7-17)22-14-20(25-16-26-22)23(30)27-18-8-9-21(19(24)13-18)28-11-4-3-5-12-28/h8-9,13-14,16-17H,2-7,10-12,15H2,1H3,(H,27,30). The van der Waals surface area contributed by atoms with Gasteiger partial charge in [0.15, 0.2) is 0 Å². The average Bonchev–Trinajstić information content (AvgIpc) is 3.58. The number of amides is 1. The molecule has 1 saturated carbocycles. The van der Waals surface area contributed by atoms with E-state index in [-0.39, 0.29) is 17.4 Å². The van der Waals surface area contributed by atoms with Crippen LogP contribution in [0.25, 0.3) is 0 Å². The second-order valence-corrected chi connectivity index (χ2v) is 8.32. The van der Waals surface area contributed by atoms with Gasteiger partial charge in [0, 0.05) is 37.9 Å². The predicted molar refractivity (Wildman–Crippen MR) is 118 cm³/mol. The van der Waals surface area contributed by atoms with Gasteiger partial charge in [0.25, 0.3) is 5.91 Å². The summed E-state index contributed by atoms with van der Waals surface area (Å²) < 4.78 is 14.6. The zero-order chi connectivity index (χ0) is 20.9. The lowest BCUT2D eigenvalue weighted by Gasteiger charge is -2.29. The average molecular weight is 412 g/mol. The van der Waals surface area contributed by atoms with E-state index >= 15 is 0 Å². The van der Waals surface area contributed by atoms with E-state index in [9.17, 15) is 9.18 Å². The fourth-order valence-corrected chi connectivity index (χ4v) is 4.00. The molecule has 1 saturated heterocycles. The van der Waals surface area contributed by atoms with Crippen molar-refractivity contribution in [3.8, 4) is 0 Å². The lowest BCUT2D eigenvalue weighted by atomic mass is 10.1. The van der Waals surface area contributed by atoms with Gasteiger partial charge >= 0.3 is 0 Å². The summed E-state index contributed by atoms with van der Waals surface area (Å²) in [6.07, 6.45) is 8.34. The number of aromatic nitrogens is 2. The fraction of sp³-hybridized carbons (Fsp3) is 0.522. The van der Waals surface area contributed by atoms with E-state index in [1.54, 1.807) is 18.2 Å². The van der Waals surface area contributed by atoms with Crippen molar-refractivity contribution in [1.29, 1.82) is 0 Å². The normalized spacial score (nSPS) is 16.4. The molecule has 0 atom stereocenters. The summed E-state index contributed by atoms with van der Waals surface area (Å²) in [5, 5.41) is 2.77. The molecular weight excluding hydrogens is 381 g/mol. The lowest BCUT2D eigenvalue weighted by Crippen LogP contribution is -2.30. The first-order valence-corrected chi connectivity index (χ1v) is 11.1. The number of anilines is 3. The SMILES string of the molecule is CCCN(CC1CC1)c1cc(C(=O)Nc2ccc(N3CCCCC3)c(F)c2)ncn1. The van der Waals surface area contributed by atoms with E-state index in [0.29, 0.717) is 11.4 Å². The van der Waals surface area contributed by atoms with Crippen LogP contribution in [0.5, 0.6) is 0 Å². The third-order valence-electron chi connectivity index (χ3n) is 5.78. The number of hydrogen-bond donors (Lipinski definition) is 1. The summed E-state index contributed by atoms with van der Waals surface area (Å²) >= 11 is 0. The summed E-state index contributed by atoms with van der Waals surface area (Å²) in [5.41, 5.74) is 1.33. The van der Waals surface area contributed by atoms with Gasteiger partial charge in [0.2, 0.25) is 0 Å². The minimum Gasteiger partial charge on any atom is -0.369 e. The monoisotopic (exact) mass is 411 g/mol. The molecule has 1 amide bonds. The van der Waals surface area contributed by atoms with Crippen LogP contribution in [0.2, 0.25) is 0 Å². The minimum absolute atomic E-state index is 0.289. The van der Waals surface area contributed by atoms with Crippen molar-refractivity contribution in [2.45, 2.75) is 45.4 Å². The van der Waals surface area contributed by atoms with Crippen LogP contribution in [0.4, 0.5) is 21.6 Å². The highest BCUT2D eigenvalue weighted by molar-refractivity contribution is 6.03. The van der Waals surface area contributed by atoms with Crippen LogP contribution in [0.1, 0.15) is 55.9 Å². The molecule has 1 aliphatic heterocycles. The van der Waals surface area contributed by atoms with Crippen molar-refractivity contribution < 1.29 is 9.18 Å². The number of piperidine rings is 1. The summed E-state index contributed by atoms with van der Waals surface area (Å²) in [6.45, 7) is 5.76. The minimum atomic E-state index is -0.355. The molecule has 30 heavy (non-hydrogen) atoms. The Balaban J connectivity index is 1.45. The number of hydrogen-bond acceptors (Lipinski definition) is 5. The molecule has 4 rings (SSSR count). The second-order valence-electron chi connectivity index (χ2n) is 8.32. The lowest BCUT2D eigenvalue weighted by molar-refractivity contribution is 0.102. The Labute approximate surface area is 177 Å².